The monoisotopic (exact) mass is 480 g/mol. The minimum Gasteiger partial charge on any atom is -0.486 e. The Balaban J connectivity index is 1.33. The van der Waals surface area contributed by atoms with Crippen molar-refractivity contribution >= 4 is 46.6 Å². The average molecular weight is 481 g/mol. The largest absolute Gasteiger partial charge is 0.486 e. The van der Waals surface area contributed by atoms with Crippen molar-refractivity contribution in [2.75, 3.05) is 24.3 Å². The van der Waals surface area contributed by atoms with E-state index in [4.69, 9.17) is 37.4 Å². The minimum absolute atomic E-state index is 0.127. The third kappa shape index (κ3) is 5.17. The molecule has 31 heavy (non-hydrogen) atoms. The summed E-state index contributed by atoms with van der Waals surface area (Å²) in [6, 6.07) is 10.5. The van der Waals surface area contributed by atoms with Gasteiger partial charge in [-0.05, 0) is 12.1 Å². The number of halogens is 2. The number of benzene rings is 2. The van der Waals surface area contributed by atoms with E-state index >= 15 is 0 Å². The van der Waals surface area contributed by atoms with E-state index in [2.05, 4.69) is 15.5 Å². The zero-order chi connectivity index (χ0) is 21.8. The summed E-state index contributed by atoms with van der Waals surface area (Å²) in [6.45, 7) is 1.12. The van der Waals surface area contributed by atoms with Gasteiger partial charge in [-0.25, -0.2) is 0 Å². The molecule has 1 aromatic heterocycles. The number of hydrogen-bond donors (Lipinski definition) is 1. The van der Waals surface area contributed by atoms with Crippen LogP contribution in [-0.2, 0) is 18.4 Å². The first-order chi connectivity index (χ1) is 15.0. The van der Waals surface area contributed by atoms with Gasteiger partial charge in [-0.2, -0.15) is 0 Å². The lowest BCUT2D eigenvalue weighted by Crippen LogP contribution is -2.17. The van der Waals surface area contributed by atoms with Crippen LogP contribution in [0.5, 0.6) is 17.2 Å². The number of thioether (sulfide) groups is 1. The Bertz CT molecular complexity index is 1110. The van der Waals surface area contributed by atoms with Gasteiger partial charge >= 0.3 is 0 Å². The number of carbonyl (C=O) groups excluding carboxylic acids is 1. The van der Waals surface area contributed by atoms with E-state index in [1.54, 1.807) is 28.8 Å². The first kappa shape index (κ1) is 21.6. The first-order valence-corrected chi connectivity index (χ1v) is 11.0. The topological polar surface area (TPSA) is 87.5 Å². The summed E-state index contributed by atoms with van der Waals surface area (Å²) in [4.78, 5) is 12.4. The lowest BCUT2D eigenvalue weighted by atomic mass is 10.2. The van der Waals surface area contributed by atoms with E-state index in [-0.39, 0.29) is 18.3 Å². The van der Waals surface area contributed by atoms with Crippen LogP contribution in [0.3, 0.4) is 0 Å². The summed E-state index contributed by atoms with van der Waals surface area (Å²) < 4.78 is 18.5. The van der Waals surface area contributed by atoms with Gasteiger partial charge in [-0.1, -0.05) is 47.1 Å². The van der Waals surface area contributed by atoms with Crippen LogP contribution < -0.4 is 19.5 Å². The molecule has 0 atom stereocenters. The SMILES string of the molecule is Cn1c(COc2ccccc2Cl)nnc1SCC(=O)Nc1cc2c(cc1Cl)OCCO2. The van der Waals surface area contributed by atoms with Crippen molar-refractivity contribution in [2.45, 2.75) is 11.8 Å². The van der Waals surface area contributed by atoms with Gasteiger partial charge in [0.1, 0.15) is 25.6 Å². The van der Waals surface area contributed by atoms with Gasteiger partial charge in [0, 0.05) is 19.2 Å². The van der Waals surface area contributed by atoms with Gasteiger partial charge in [0.25, 0.3) is 0 Å². The highest BCUT2D eigenvalue weighted by Gasteiger charge is 2.17. The second-order valence-corrected chi connectivity index (χ2v) is 8.25. The van der Waals surface area contributed by atoms with Crippen LogP contribution >= 0.6 is 35.0 Å². The number of nitrogens with zero attached hydrogens (tertiary/aromatic N) is 3. The number of hydrogen-bond acceptors (Lipinski definition) is 7. The molecule has 8 nitrogen and oxygen atoms in total. The van der Waals surface area contributed by atoms with Gasteiger partial charge in [-0.15, -0.1) is 10.2 Å². The Kier molecular flexibility index (Phi) is 6.74. The fourth-order valence-electron chi connectivity index (χ4n) is 2.78. The summed E-state index contributed by atoms with van der Waals surface area (Å²) >= 11 is 13.6. The highest BCUT2D eigenvalue weighted by molar-refractivity contribution is 7.99. The molecule has 2 heterocycles. The molecule has 2 aromatic carbocycles. The van der Waals surface area contributed by atoms with Crippen LogP contribution in [0.4, 0.5) is 5.69 Å². The summed E-state index contributed by atoms with van der Waals surface area (Å²) in [5.41, 5.74) is 0.461. The predicted molar refractivity (Wildman–Crippen MR) is 119 cm³/mol. The molecule has 3 aromatic rings. The zero-order valence-corrected chi connectivity index (χ0v) is 18.8. The number of amides is 1. The number of anilines is 1. The van der Waals surface area contributed by atoms with E-state index in [0.29, 0.717) is 57.2 Å². The van der Waals surface area contributed by atoms with Crippen LogP contribution in [0.25, 0.3) is 0 Å². The van der Waals surface area contributed by atoms with Crippen molar-refractivity contribution in [3.8, 4) is 17.2 Å². The van der Waals surface area contributed by atoms with Crippen LogP contribution in [0.1, 0.15) is 5.82 Å². The van der Waals surface area contributed by atoms with Crippen molar-refractivity contribution in [3.05, 3.63) is 52.3 Å². The molecule has 1 amide bonds. The third-order valence-electron chi connectivity index (χ3n) is 4.36. The highest BCUT2D eigenvalue weighted by Crippen LogP contribution is 2.38. The molecule has 4 rings (SSSR count). The summed E-state index contributed by atoms with van der Waals surface area (Å²) in [7, 11) is 1.81. The molecular formula is C20H18Cl2N4O4S. The molecule has 1 aliphatic rings. The molecule has 11 heteroatoms. The van der Waals surface area contributed by atoms with Crippen LogP contribution in [-0.4, -0.2) is 39.6 Å². The summed E-state index contributed by atoms with van der Waals surface area (Å²) in [5, 5.41) is 12.5. The van der Waals surface area contributed by atoms with Crippen molar-refractivity contribution in [3.63, 3.8) is 0 Å². The van der Waals surface area contributed by atoms with Crippen LogP contribution in [0, 0.1) is 0 Å². The number of aromatic nitrogens is 3. The number of ether oxygens (including phenoxy) is 3. The zero-order valence-electron chi connectivity index (χ0n) is 16.4. The standard InChI is InChI=1S/C20H18Cl2N4O4S/c1-26-18(10-30-15-5-3-2-4-12(15)21)24-25-20(26)31-11-19(27)23-14-9-17-16(8-13(14)22)28-6-7-29-17/h2-5,8-9H,6-7,10-11H2,1H3,(H,23,27). The molecule has 0 saturated heterocycles. The van der Waals surface area contributed by atoms with E-state index in [1.165, 1.54) is 11.8 Å². The normalized spacial score (nSPS) is 12.5. The molecule has 0 saturated carbocycles. The number of carbonyl (C=O) groups is 1. The lowest BCUT2D eigenvalue weighted by molar-refractivity contribution is -0.113. The maximum Gasteiger partial charge on any atom is 0.234 e. The maximum absolute atomic E-state index is 12.4. The van der Waals surface area contributed by atoms with E-state index in [1.807, 2.05) is 19.2 Å². The molecule has 0 spiro atoms. The number of nitrogens with one attached hydrogen (secondary N) is 1. The molecule has 0 fully saturated rings. The van der Waals surface area contributed by atoms with E-state index < -0.39 is 0 Å². The van der Waals surface area contributed by atoms with Crippen LogP contribution in [0.2, 0.25) is 10.0 Å². The van der Waals surface area contributed by atoms with Gasteiger partial charge < -0.3 is 24.1 Å². The Morgan fingerprint density at radius 1 is 1.16 bits per heavy atom. The van der Waals surface area contributed by atoms with E-state index in [0.717, 1.165) is 0 Å². The third-order valence-corrected chi connectivity index (χ3v) is 6.00. The second-order valence-electron chi connectivity index (χ2n) is 6.49. The predicted octanol–water partition coefficient (Wildman–Crippen LogP) is 4.20. The van der Waals surface area contributed by atoms with Gasteiger partial charge in [-0.3, -0.25) is 4.79 Å². The molecule has 162 valence electrons. The molecule has 0 radical (unpaired) electrons. The average Bonchev–Trinajstić information content (AvgIpc) is 3.11. The first-order valence-electron chi connectivity index (χ1n) is 9.28. The molecule has 0 unspecified atom stereocenters. The Labute approximate surface area is 192 Å². The summed E-state index contributed by atoms with van der Waals surface area (Å²) in [6.07, 6.45) is 0. The van der Waals surface area contributed by atoms with Crippen molar-refractivity contribution in [1.82, 2.24) is 14.8 Å². The highest BCUT2D eigenvalue weighted by atomic mass is 35.5. The smallest absolute Gasteiger partial charge is 0.234 e. The van der Waals surface area contributed by atoms with Gasteiger partial charge in [0.2, 0.25) is 5.91 Å². The molecule has 1 N–H and O–H groups in total. The quantitative estimate of drug-likeness (QED) is 0.506. The lowest BCUT2D eigenvalue weighted by Gasteiger charge is -2.20. The van der Waals surface area contributed by atoms with Crippen molar-refractivity contribution < 1.29 is 19.0 Å². The molecular weight excluding hydrogens is 463 g/mol. The molecule has 1 aliphatic heterocycles. The summed E-state index contributed by atoms with van der Waals surface area (Å²) in [5.74, 6) is 2.18. The van der Waals surface area contributed by atoms with E-state index in [9.17, 15) is 4.79 Å². The number of rotatable bonds is 7. The number of fused-ring (bicyclic) bond motifs is 1. The van der Waals surface area contributed by atoms with Gasteiger partial charge in [0.15, 0.2) is 22.5 Å². The van der Waals surface area contributed by atoms with Gasteiger partial charge in [0.05, 0.1) is 21.5 Å². The Morgan fingerprint density at radius 3 is 2.68 bits per heavy atom. The Morgan fingerprint density at radius 2 is 1.90 bits per heavy atom. The fraction of sp³-hybridized carbons (Fsp3) is 0.250. The number of para-hydroxylation sites is 1. The van der Waals surface area contributed by atoms with Crippen LogP contribution in [0.15, 0.2) is 41.6 Å². The fourth-order valence-corrected chi connectivity index (χ4v) is 3.90. The minimum atomic E-state index is -0.236. The Hall–Kier alpha value is -2.62. The molecule has 0 aliphatic carbocycles. The van der Waals surface area contributed by atoms with Crippen molar-refractivity contribution in [2.24, 2.45) is 7.05 Å². The maximum atomic E-state index is 12.4. The second kappa shape index (κ2) is 9.67. The molecule has 0 bridgehead atoms. The van der Waals surface area contributed by atoms with Crippen molar-refractivity contribution in [1.29, 1.82) is 0 Å².